The van der Waals surface area contributed by atoms with Crippen LogP contribution in [0.25, 0.3) is 0 Å². The Balaban J connectivity index is 0.00000325. The molecule has 0 radical (unpaired) electrons. The molecule has 8 nitrogen and oxygen atoms in total. The first kappa shape index (κ1) is 30.6. The van der Waals surface area contributed by atoms with Gasteiger partial charge in [0.05, 0.1) is 43.7 Å². The summed E-state index contributed by atoms with van der Waals surface area (Å²) in [6.07, 6.45) is 11.9. The largest absolute Gasteiger partial charge is 0.464 e. The molecule has 0 bridgehead atoms. The van der Waals surface area contributed by atoms with Crippen molar-refractivity contribution in [1.82, 2.24) is 4.90 Å². The summed E-state index contributed by atoms with van der Waals surface area (Å²) in [4.78, 5) is 14.5. The van der Waals surface area contributed by atoms with E-state index in [1.807, 2.05) is 0 Å². The van der Waals surface area contributed by atoms with Crippen molar-refractivity contribution in [2.75, 3.05) is 26.3 Å². The van der Waals surface area contributed by atoms with Gasteiger partial charge in [0, 0.05) is 14.4 Å². The predicted molar refractivity (Wildman–Crippen MR) is 166 cm³/mol. The molecule has 13 atom stereocenters. The molecule has 44 heavy (non-hydrogen) atoms. The molecule has 2 N–H and O–H groups in total. The molecule has 0 amide bonds. The zero-order valence-electron chi connectivity index (χ0n) is 27.8. The van der Waals surface area contributed by atoms with Crippen molar-refractivity contribution >= 4 is 5.97 Å². The summed E-state index contributed by atoms with van der Waals surface area (Å²) in [6.45, 7) is 13.5. The summed E-state index contributed by atoms with van der Waals surface area (Å²) >= 11 is 0. The maximum atomic E-state index is 12.3. The molecule has 8 aliphatic rings. The number of cyclic esters (lactones) is 1. The molecule has 8 unspecified atom stereocenters. The van der Waals surface area contributed by atoms with Gasteiger partial charge in [-0.3, -0.25) is 9.69 Å². The third-order valence-corrected chi connectivity index (χ3v) is 15.4. The van der Waals surface area contributed by atoms with Gasteiger partial charge in [-0.2, -0.15) is 0 Å². The zero-order chi connectivity index (χ0) is 30.9. The predicted octanol–water partition coefficient (Wildman–Crippen LogP) is 4.93. The van der Waals surface area contributed by atoms with Crippen LogP contribution in [0.1, 0.15) is 107 Å². The maximum Gasteiger partial charge on any atom is 0.323 e. The van der Waals surface area contributed by atoms with Crippen molar-refractivity contribution in [3.63, 3.8) is 0 Å². The average molecular weight is 618 g/mol. The lowest BCUT2D eigenvalue weighted by atomic mass is 9.46. The molecule has 0 aromatic rings. The summed E-state index contributed by atoms with van der Waals surface area (Å²) in [6, 6.07) is -0.145. The summed E-state index contributed by atoms with van der Waals surface area (Å²) in [5.41, 5.74) is 0.189. The van der Waals surface area contributed by atoms with Crippen LogP contribution in [-0.4, -0.2) is 89.7 Å². The second kappa shape index (κ2) is 10.1. The van der Waals surface area contributed by atoms with Gasteiger partial charge in [0.25, 0.3) is 0 Å². The maximum absolute atomic E-state index is 12.3. The fourth-order valence-electron chi connectivity index (χ4n) is 13.2. The molecule has 2 spiro atoms. The van der Waals surface area contributed by atoms with Crippen molar-refractivity contribution in [2.24, 2.45) is 45.3 Å². The molecule has 8 rings (SSSR count). The van der Waals surface area contributed by atoms with Gasteiger partial charge < -0.3 is 29.2 Å². The van der Waals surface area contributed by atoms with Crippen molar-refractivity contribution in [1.29, 1.82) is 0 Å². The van der Waals surface area contributed by atoms with Gasteiger partial charge in [-0.15, -0.1) is 0 Å². The number of rotatable bonds is 5. The molecule has 250 valence electrons. The Morgan fingerprint density at radius 1 is 0.977 bits per heavy atom. The Bertz CT molecular complexity index is 1160. The molecule has 5 aliphatic carbocycles. The van der Waals surface area contributed by atoms with E-state index in [-0.39, 0.29) is 43.5 Å². The topological polar surface area (TPSA) is 97.7 Å². The van der Waals surface area contributed by atoms with Crippen LogP contribution in [0.2, 0.25) is 0 Å². The number of nitrogens with zero attached hydrogens (tertiary/aromatic N) is 1. The first-order chi connectivity index (χ1) is 20.8. The van der Waals surface area contributed by atoms with Crippen LogP contribution >= 0.6 is 0 Å². The van der Waals surface area contributed by atoms with E-state index in [1.165, 1.54) is 38.5 Å². The highest BCUT2D eigenvalue weighted by molar-refractivity contribution is 5.77. The molecule has 3 aliphatic heterocycles. The highest BCUT2D eigenvalue weighted by atomic mass is 16.7. The van der Waals surface area contributed by atoms with Gasteiger partial charge in [-0.1, -0.05) is 20.8 Å². The van der Waals surface area contributed by atoms with E-state index in [0.29, 0.717) is 53.8 Å². The number of hydrogen-bond donors (Lipinski definition) is 2. The number of morpholine rings is 1. The van der Waals surface area contributed by atoms with E-state index in [1.54, 1.807) is 13.8 Å². The number of fused-ring (bicyclic) bond motifs is 4. The summed E-state index contributed by atoms with van der Waals surface area (Å²) < 4.78 is 24.9. The number of aliphatic hydroxyl groups is 2. The minimum atomic E-state index is -1.14. The highest BCUT2D eigenvalue weighted by Crippen LogP contribution is 2.87. The molecular weight excluding hydrogens is 558 g/mol. The summed E-state index contributed by atoms with van der Waals surface area (Å²) in [7, 11) is 0. The van der Waals surface area contributed by atoms with E-state index >= 15 is 0 Å². The third kappa shape index (κ3) is 4.25. The smallest absolute Gasteiger partial charge is 0.323 e. The van der Waals surface area contributed by atoms with Crippen LogP contribution < -0.4 is 0 Å². The van der Waals surface area contributed by atoms with E-state index in [4.69, 9.17) is 18.9 Å². The van der Waals surface area contributed by atoms with Crippen LogP contribution in [-0.2, 0) is 23.7 Å². The Kier molecular flexibility index (Phi) is 7.03. The lowest BCUT2D eigenvalue weighted by molar-refractivity contribution is -0.247. The lowest BCUT2D eigenvalue weighted by Gasteiger charge is -2.60. The van der Waals surface area contributed by atoms with Crippen molar-refractivity contribution in [3.8, 4) is 0 Å². The van der Waals surface area contributed by atoms with E-state index in [2.05, 4.69) is 25.7 Å². The van der Waals surface area contributed by atoms with Crippen LogP contribution in [0, 0.1) is 45.3 Å². The second-order valence-electron chi connectivity index (χ2n) is 17.8. The molecule has 8 heteroatoms. The average Bonchev–Trinajstić information content (AvgIpc) is 3.27. The number of ether oxygens (including phenoxy) is 4. The quantitative estimate of drug-likeness (QED) is 0.420. The van der Waals surface area contributed by atoms with Crippen LogP contribution in [0.4, 0.5) is 0 Å². The third-order valence-electron chi connectivity index (χ3n) is 15.4. The van der Waals surface area contributed by atoms with Gasteiger partial charge in [0.15, 0.2) is 6.29 Å². The standard InChI is InChI=1S/C36H57NO7.H2/c1-32(2)27-9-7-21-23-18-26-22(6-8-25(43-26)30(38)33(3,4)40)34(23,5)13-14-35(21)20-36(27,35)12-10-28(32)44-29-19-37(15-17-41-29)24-11-16-42-31(24)39;/h21-30,38,40H,6-20H2,1-5H3;1H/t21?,22-,23?,24+,25?,26?,27?,28-,29?,30-,34?,35-,36?;/m0./s1. The van der Waals surface area contributed by atoms with Gasteiger partial charge in [-0.05, 0) is 123 Å². The first-order valence-electron chi connectivity index (χ1n) is 18.0. The molecule has 0 aromatic heterocycles. The van der Waals surface area contributed by atoms with Crippen LogP contribution in [0.15, 0.2) is 0 Å². The second-order valence-corrected chi connectivity index (χ2v) is 17.8. The van der Waals surface area contributed by atoms with E-state index < -0.39 is 11.7 Å². The molecule has 3 saturated heterocycles. The Morgan fingerprint density at radius 2 is 1.77 bits per heavy atom. The molecular formula is C36H59NO7. The fourth-order valence-corrected chi connectivity index (χ4v) is 13.2. The van der Waals surface area contributed by atoms with E-state index in [0.717, 1.165) is 44.6 Å². The normalized spacial score (nSPS) is 52.2. The van der Waals surface area contributed by atoms with Gasteiger partial charge >= 0.3 is 5.97 Å². The number of carbonyl (C=O) groups is 1. The van der Waals surface area contributed by atoms with Crippen LogP contribution in [0.5, 0.6) is 0 Å². The number of esters is 1. The van der Waals surface area contributed by atoms with Crippen LogP contribution in [0.3, 0.4) is 0 Å². The van der Waals surface area contributed by atoms with Gasteiger partial charge in [0.1, 0.15) is 12.1 Å². The van der Waals surface area contributed by atoms with E-state index in [9.17, 15) is 15.0 Å². The monoisotopic (exact) mass is 617 g/mol. The Labute approximate surface area is 265 Å². The lowest BCUT2D eigenvalue weighted by Crippen LogP contribution is -2.57. The number of hydrogen-bond acceptors (Lipinski definition) is 8. The van der Waals surface area contributed by atoms with Crippen molar-refractivity contribution < 1.29 is 35.4 Å². The Hall–Kier alpha value is -0.770. The van der Waals surface area contributed by atoms with Gasteiger partial charge in [0.2, 0.25) is 0 Å². The molecule has 3 heterocycles. The molecule has 0 aromatic carbocycles. The van der Waals surface area contributed by atoms with Gasteiger partial charge in [-0.25, -0.2) is 0 Å². The molecule has 8 fully saturated rings. The summed E-state index contributed by atoms with van der Waals surface area (Å²) in [5, 5.41) is 21.3. The SMILES string of the molecule is CC(C)(O)[C@@H](O)C1CC[C@H]2C(CC3C4CCC5C(C)(C)[C@@H](OC6CN([C@@H]7CCOC7=O)CCO6)CCC56C[C@@]46CCC32C)O1.[HH]. The highest BCUT2D eigenvalue weighted by Gasteiger charge is 2.80. The summed E-state index contributed by atoms with van der Waals surface area (Å²) in [5.74, 6) is 2.63. The minimum Gasteiger partial charge on any atom is -0.464 e. The van der Waals surface area contributed by atoms with Crippen molar-refractivity contribution in [2.45, 2.75) is 148 Å². The number of aliphatic hydroxyl groups excluding tert-OH is 1. The Morgan fingerprint density at radius 3 is 2.52 bits per heavy atom. The van der Waals surface area contributed by atoms with Crippen molar-refractivity contribution in [3.05, 3.63) is 0 Å². The minimum absolute atomic E-state index is 0. The zero-order valence-corrected chi connectivity index (χ0v) is 27.8. The molecule has 5 saturated carbocycles. The fraction of sp³-hybridized carbons (Fsp3) is 0.972. The number of carbonyl (C=O) groups excluding carboxylic acids is 1. The first-order valence-corrected chi connectivity index (χ1v) is 18.0.